The standard InChI is InChI=1S/Br4Si.3H2O/c1-5(2,3)4;;;/h;3*1H2. The van der Waals surface area contributed by atoms with Gasteiger partial charge in [-0.25, -0.2) is 0 Å². The van der Waals surface area contributed by atoms with Crippen molar-refractivity contribution in [3.05, 3.63) is 0 Å². The van der Waals surface area contributed by atoms with Gasteiger partial charge in [0.05, 0.1) is 0 Å². The maximum Gasteiger partial charge on any atom is 0.336 e. The molecule has 6 N–H and O–H groups in total. The van der Waals surface area contributed by atoms with Crippen molar-refractivity contribution in [2.45, 2.75) is 0 Å². The minimum atomic E-state index is -1.36. The van der Waals surface area contributed by atoms with Gasteiger partial charge in [0.1, 0.15) is 0 Å². The lowest BCUT2D eigenvalue weighted by Gasteiger charge is -1.88. The van der Waals surface area contributed by atoms with E-state index in [1.165, 1.54) is 0 Å². The van der Waals surface area contributed by atoms with Crippen LogP contribution in [0.5, 0.6) is 0 Å². The van der Waals surface area contributed by atoms with E-state index in [1.54, 1.807) is 0 Å². The van der Waals surface area contributed by atoms with Crippen molar-refractivity contribution in [2.24, 2.45) is 0 Å². The lowest BCUT2D eigenvalue weighted by molar-refractivity contribution is 0.823. The Bertz CT molecular complexity index is 26.8. The summed E-state index contributed by atoms with van der Waals surface area (Å²) in [6.45, 7) is 0. The zero-order valence-corrected chi connectivity index (χ0v) is 10.9. The summed E-state index contributed by atoms with van der Waals surface area (Å²) in [6.07, 6.45) is 0. The third-order valence-corrected chi connectivity index (χ3v) is 0. The van der Waals surface area contributed by atoms with Crippen molar-refractivity contribution >= 4 is 63.7 Å². The molecule has 0 aromatic rings. The average molecular weight is 402 g/mol. The second kappa shape index (κ2) is 9.02. The lowest BCUT2D eigenvalue weighted by Crippen LogP contribution is -1.86. The van der Waals surface area contributed by atoms with E-state index in [0.717, 1.165) is 0 Å². The van der Waals surface area contributed by atoms with Crippen LogP contribution in [0.3, 0.4) is 0 Å². The average Bonchev–Trinajstić information content (AvgIpc) is 0.722. The molecule has 0 rings (SSSR count). The van der Waals surface area contributed by atoms with Crippen molar-refractivity contribution in [1.82, 2.24) is 0 Å². The molecule has 3 nitrogen and oxygen atoms in total. The molecule has 0 aliphatic heterocycles. The summed E-state index contributed by atoms with van der Waals surface area (Å²) >= 11 is 13.1. The first kappa shape index (κ1) is 22.5. The van der Waals surface area contributed by atoms with Crippen LogP contribution in [-0.2, 0) is 0 Å². The molecule has 8 heteroatoms. The molecule has 8 heavy (non-hydrogen) atoms. The fourth-order valence-electron chi connectivity index (χ4n) is 0. The van der Waals surface area contributed by atoms with Crippen molar-refractivity contribution in [3.8, 4) is 0 Å². The zero-order chi connectivity index (χ0) is 4.50. The predicted molar refractivity (Wildman–Crippen MR) is 52.3 cm³/mol. The zero-order valence-electron chi connectivity index (χ0n) is 3.51. The second-order valence-corrected chi connectivity index (χ2v) is 34.7. The van der Waals surface area contributed by atoms with Crippen LogP contribution in [0.15, 0.2) is 0 Å². The summed E-state index contributed by atoms with van der Waals surface area (Å²) < 4.78 is -1.36. The molecule has 0 amide bonds. The van der Waals surface area contributed by atoms with Gasteiger partial charge in [-0.15, -0.1) is 0 Å². The fraction of sp³-hybridized carbons (Fsp3) is 0. The summed E-state index contributed by atoms with van der Waals surface area (Å²) in [6, 6.07) is 0. The highest BCUT2D eigenvalue weighted by Gasteiger charge is 2.14. The summed E-state index contributed by atoms with van der Waals surface area (Å²) in [5.41, 5.74) is 0. The Morgan fingerprint density at radius 3 is 0.625 bits per heavy atom. The molecule has 56 valence electrons. The molecule has 0 spiro atoms. The van der Waals surface area contributed by atoms with Crippen LogP contribution in [0, 0.1) is 0 Å². The minimum Gasteiger partial charge on any atom is -0.412 e. The first-order chi connectivity index (χ1) is 2.00. The molecule has 0 aliphatic carbocycles. The van der Waals surface area contributed by atoms with Gasteiger partial charge in [0.25, 0.3) is 0 Å². The summed E-state index contributed by atoms with van der Waals surface area (Å²) in [5.74, 6) is 0. The van der Waals surface area contributed by atoms with E-state index < -0.39 is 2.55 Å². The summed E-state index contributed by atoms with van der Waals surface area (Å²) in [7, 11) is 0. The lowest BCUT2D eigenvalue weighted by atomic mass is 16.0. The van der Waals surface area contributed by atoms with Crippen LogP contribution >= 0.6 is 61.2 Å². The quantitative estimate of drug-likeness (QED) is 0.418. The van der Waals surface area contributed by atoms with Gasteiger partial charge in [0.15, 0.2) is 0 Å². The van der Waals surface area contributed by atoms with E-state index in [-0.39, 0.29) is 16.4 Å². The van der Waals surface area contributed by atoms with Crippen LogP contribution in [0.25, 0.3) is 0 Å². The number of hydrogen-bond donors (Lipinski definition) is 0. The monoisotopic (exact) mass is 398 g/mol. The first-order valence-electron chi connectivity index (χ1n) is 0.756. The first-order valence-corrected chi connectivity index (χ1v) is 11.8. The van der Waals surface area contributed by atoms with Gasteiger partial charge in [-0.3, -0.25) is 0 Å². The highest BCUT2D eigenvalue weighted by Crippen LogP contribution is 2.33. The highest BCUT2D eigenvalue weighted by atomic mass is 80.0. The molecule has 0 atom stereocenters. The van der Waals surface area contributed by atoms with Crippen LogP contribution in [-0.4, -0.2) is 19.0 Å². The van der Waals surface area contributed by atoms with Gasteiger partial charge in [-0.05, 0) is 0 Å². The van der Waals surface area contributed by atoms with E-state index in [1.807, 2.05) is 0 Å². The fourth-order valence-corrected chi connectivity index (χ4v) is 0. The predicted octanol–water partition coefficient (Wildman–Crippen LogP) is 0.528. The molecule has 0 heterocycles. The molecule has 0 fully saturated rings. The van der Waals surface area contributed by atoms with Crippen LogP contribution in [0.4, 0.5) is 0 Å². The summed E-state index contributed by atoms with van der Waals surface area (Å²) in [4.78, 5) is 0. The Balaban J connectivity index is -0.0000000267. The Hall–Kier alpha value is 2.02. The highest BCUT2D eigenvalue weighted by molar-refractivity contribution is 9.90. The maximum absolute atomic E-state index is 3.26. The normalized spacial score (nSPS) is 7.50. The van der Waals surface area contributed by atoms with E-state index in [2.05, 4.69) is 61.2 Å². The molecular formula is H6Br4O3Si. The number of hydrogen-bond acceptors (Lipinski definition) is 0. The number of halogens is 4. The SMILES string of the molecule is Br[Si](Br)(Br)Br.O.O.O. The molecule has 0 radical (unpaired) electrons. The van der Waals surface area contributed by atoms with Crippen LogP contribution < -0.4 is 0 Å². The molecule has 0 aromatic carbocycles. The second-order valence-electron chi connectivity index (χ2n) is 0.429. The molecular weight excluding hydrogens is 396 g/mol. The largest absolute Gasteiger partial charge is 0.412 e. The smallest absolute Gasteiger partial charge is 0.336 e. The van der Waals surface area contributed by atoms with E-state index in [0.29, 0.717) is 0 Å². The van der Waals surface area contributed by atoms with Crippen molar-refractivity contribution < 1.29 is 16.4 Å². The number of rotatable bonds is 0. The van der Waals surface area contributed by atoms with Crippen LogP contribution in [0.1, 0.15) is 0 Å². The molecule has 0 unspecified atom stereocenters. The Labute approximate surface area is 79.5 Å². The Morgan fingerprint density at radius 2 is 0.625 bits per heavy atom. The molecule has 0 aliphatic rings. The van der Waals surface area contributed by atoms with Gasteiger partial charge in [-0.2, -0.15) is 0 Å². The van der Waals surface area contributed by atoms with Crippen molar-refractivity contribution in [3.63, 3.8) is 0 Å². The third-order valence-electron chi connectivity index (χ3n) is 0. The van der Waals surface area contributed by atoms with Gasteiger partial charge in [0, 0.05) is 0 Å². The summed E-state index contributed by atoms with van der Waals surface area (Å²) in [5, 5.41) is 0. The molecule has 0 bridgehead atoms. The minimum absolute atomic E-state index is 0. The van der Waals surface area contributed by atoms with Gasteiger partial charge < -0.3 is 16.4 Å². The van der Waals surface area contributed by atoms with E-state index in [9.17, 15) is 0 Å². The van der Waals surface area contributed by atoms with Crippen molar-refractivity contribution in [2.75, 3.05) is 0 Å². The maximum atomic E-state index is 3.26. The van der Waals surface area contributed by atoms with Gasteiger partial charge in [-0.1, -0.05) is 61.2 Å². The van der Waals surface area contributed by atoms with Crippen LogP contribution in [0.2, 0.25) is 0 Å². The van der Waals surface area contributed by atoms with Crippen molar-refractivity contribution in [1.29, 1.82) is 0 Å². The third kappa shape index (κ3) is 97.0. The van der Waals surface area contributed by atoms with Gasteiger partial charge in [0.2, 0.25) is 0 Å². The van der Waals surface area contributed by atoms with Gasteiger partial charge >= 0.3 is 2.55 Å². The Kier molecular flexibility index (Phi) is 25.4. The molecule has 0 saturated heterocycles. The molecule has 0 saturated carbocycles. The van der Waals surface area contributed by atoms with E-state index >= 15 is 0 Å². The molecule has 0 aromatic heterocycles. The topological polar surface area (TPSA) is 94.5 Å². The van der Waals surface area contributed by atoms with E-state index in [4.69, 9.17) is 0 Å². The Morgan fingerprint density at radius 1 is 0.625 bits per heavy atom.